The van der Waals surface area contributed by atoms with Crippen LogP contribution in [0.4, 0.5) is 0 Å². The number of hydrogen-bond acceptors (Lipinski definition) is 1. The first kappa shape index (κ1) is 13.7. The average molecular weight is 259 g/mol. The normalized spacial score (nSPS) is 12.1. The third-order valence-corrected chi connectivity index (χ3v) is 3.95. The van der Waals surface area contributed by atoms with Crippen molar-refractivity contribution in [3.8, 4) is 0 Å². The van der Waals surface area contributed by atoms with Crippen LogP contribution in [0.25, 0.3) is 10.9 Å². The Morgan fingerprint density at radius 2 is 1.79 bits per heavy atom. The molecule has 0 saturated heterocycles. The van der Waals surface area contributed by atoms with Crippen LogP contribution in [0.1, 0.15) is 48.0 Å². The Balaban J connectivity index is 2.99. The molecular formula is C16H21NO2. The largest absolute Gasteiger partial charge is 0.478 e. The minimum atomic E-state index is -0.867. The Hall–Kier alpha value is -1.77. The molecule has 102 valence electrons. The van der Waals surface area contributed by atoms with Crippen LogP contribution in [0.5, 0.6) is 0 Å². The Morgan fingerprint density at radius 3 is 2.26 bits per heavy atom. The number of carboxylic acid groups (broad SMARTS) is 1. The molecule has 0 atom stereocenters. The fraction of sp³-hybridized carbons (Fsp3) is 0.438. The number of fused-ring (bicyclic) bond motifs is 1. The summed E-state index contributed by atoms with van der Waals surface area (Å²) >= 11 is 0. The summed E-state index contributed by atoms with van der Waals surface area (Å²) in [5.74, 6) is -0.867. The predicted octanol–water partition coefficient (Wildman–Crippen LogP) is 3.79. The molecule has 0 radical (unpaired) electrons. The first-order chi connectivity index (χ1) is 8.64. The van der Waals surface area contributed by atoms with Crippen LogP contribution < -0.4 is 0 Å². The minimum Gasteiger partial charge on any atom is -0.478 e. The zero-order chi connectivity index (χ0) is 14.5. The van der Waals surface area contributed by atoms with Crippen molar-refractivity contribution in [1.29, 1.82) is 0 Å². The van der Waals surface area contributed by atoms with Gasteiger partial charge in [0.15, 0.2) is 0 Å². The van der Waals surface area contributed by atoms with E-state index in [1.165, 1.54) is 5.69 Å². The standard InChI is InChI=1S/C16H21NO2/c1-9-10(2)17(6)14-12(9)7-11(15(18)19)8-13(14)16(3,4)5/h7-8H,1-6H3,(H,18,19). The van der Waals surface area contributed by atoms with E-state index in [1.807, 2.05) is 13.1 Å². The van der Waals surface area contributed by atoms with Crippen molar-refractivity contribution in [2.75, 3.05) is 0 Å². The number of benzene rings is 1. The van der Waals surface area contributed by atoms with E-state index in [9.17, 15) is 9.90 Å². The second kappa shape index (κ2) is 4.12. The Labute approximate surface area is 113 Å². The lowest BCUT2D eigenvalue weighted by molar-refractivity contribution is 0.0697. The highest BCUT2D eigenvalue weighted by atomic mass is 16.4. The van der Waals surface area contributed by atoms with Crippen molar-refractivity contribution in [2.24, 2.45) is 7.05 Å². The molecule has 0 amide bonds. The quantitative estimate of drug-likeness (QED) is 0.846. The van der Waals surface area contributed by atoms with E-state index in [4.69, 9.17) is 0 Å². The first-order valence-electron chi connectivity index (χ1n) is 6.48. The van der Waals surface area contributed by atoms with Crippen molar-refractivity contribution >= 4 is 16.9 Å². The molecule has 2 rings (SSSR count). The lowest BCUT2D eigenvalue weighted by atomic mass is 9.84. The summed E-state index contributed by atoms with van der Waals surface area (Å²) in [5.41, 5.74) is 4.85. The molecule has 19 heavy (non-hydrogen) atoms. The average Bonchev–Trinajstić information content (AvgIpc) is 2.52. The minimum absolute atomic E-state index is 0.0886. The summed E-state index contributed by atoms with van der Waals surface area (Å²) < 4.78 is 2.16. The Morgan fingerprint density at radius 1 is 1.21 bits per heavy atom. The molecule has 0 unspecified atom stereocenters. The van der Waals surface area contributed by atoms with Gasteiger partial charge in [0.2, 0.25) is 0 Å². The van der Waals surface area contributed by atoms with E-state index in [0.717, 1.165) is 22.0 Å². The van der Waals surface area contributed by atoms with E-state index in [0.29, 0.717) is 5.56 Å². The molecule has 1 N–H and O–H groups in total. The lowest BCUT2D eigenvalue weighted by Gasteiger charge is -2.22. The fourth-order valence-electron chi connectivity index (χ4n) is 2.59. The van der Waals surface area contributed by atoms with Crippen molar-refractivity contribution in [3.63, 3.8) is 0 Å². The SMILES string of the molecule is Cc1c(C)n(C)c2c(C(C)(C)C)cc(C(=O)O)cc12. The Bertz CT molecular complexity index is 672. The number of nitrogens with zero attached hydrogens (tertiary/aromatic N) is 1. The van der Waals surface area contributed by atoms with Gasteiger partial charge >= 0.3 is 5.97 Å². The van der Waals surface area contributed by atoms with Gasteiger partial charge in [-0.05, 0) is 42.5 Å². The summed E-state index contributed by atoms with van der Waals surface area (Å²) in [6.45, 7) is 10.5. The van der Waals surface area contributed by atoms with Gasteiger partial charge in [0, 0.05) is 18.1 Å². The highest BCUT2D eigenvalue weighted by molar-refractivity contribution is 5.97. The molecular weight excluding hydrogens is 238 g/mol. The first-order valence-corrected chi connectivity index (χ1v) is 6.48. The maximum atomic E-state index is 11.3. The van der Waals surface area contributed by atoms with E-state index in [1.54, 1.807) is 6.07 Å². The van der Waals surface area contributed by atoms with Crippen LogP contribution in [-0.4, -0.2) is 15.6 Å². The number of aryl methyl sites for hydroxylation is 2. The van der Waals surface area contributed by atoms with Crippen LogP contribution in [0.2, 0.25) is 0 Å². The van der Waals surface area contributed by atoms with Crippen molar-refractivity contribution < 1.29 is 9.90 Å². The molecule has 0 fully saturated rings. The van der Waals surface area contributed by atoms with Gasteiger partial charge in [-0.3, -0.25) is 0 Å². The van der Waals surface area contributed by atoms with Crippen LogP contribution in [0, 0.1) is 13.8 Å². The van der Waals surface area contributed by atoms with E-state index in [2.05, 4.69) is 39.2 Å². The van der Waals surface area contributed by atoms with Crippen molar-refractivity contribution in [2.45, 2.75) is 40.0 Å². The molecule has 0 aliphatic carbocycles. The smallest absolute Gasteiger partial charge is 0.335 e. The molecule has 1 aromatic carbocycles. The predicted molar refractivity (Wildman–Crippen MR) is 78.1 cm³/mol. The molecule has 0 aliphatic heterocycles. The maximum Gasteiger partial charge on any atom is 0.335 e. The zero-order valence-electron chi connectivity index (χ0n) is 12.5. The van der Waals surface area contributed by atoms with Crippen molar-refractivity contribution in [3.05, 3.63) is 34.5 Å². The highest BCUT2D eigenvalue weighted by Crippen LogP contribution is 2.35. The summed E-state index contributed by atoms with van der Waals surface area (Å²) in [7, 11) is 2.04. The molecule has 1 heterocycles. The van der Waals surface area contributed by atoms with Crippen LogP contribution >= 0.6 is 0 Å². The molecule has 1 aromatic heterocycles. The van der Waals surface area contributed by atoms with Gasteiger partial charge in [-0.25, -0.2) is 4.79 Å². The third-order valence-electron chi connectivity index (χ3n) is 3.95. The number of hydrogen-bond donors (Lipinski definition) is 1. The van der Waals surface area contributed by atoms with Crippen LogP contribution in [0.3, 0.4) is 0 Å². The number of aromatic nitrogens is 1. The van der Waals surface area contributed by atoms with Gasteiger partial charge in [0.05, 0.1) is 11.1 Å². The van der Waals surface area contributed by atoms with E-state index in [-0.39, 0.29) is 5.41 Å². The maximum absolute atomic E-state index is 11.3. The van der Waals surface area contributed by atoms with Gasteiger partial charge in [-0.1, -0.05) is 20.8 Å². The number of carbonyl (C=O) groups is 1. The lowest BCUT2D eigenvalue weighted by Crippen LogP contribution is -2.14. The molecule has 0 saturated carbocycles. The van der Waals surface area contributed by atoms with Gasteiger partial charge in [0.1, 0.15) is 0 Å². The molecule has 0 bridgehead atoms. The van der Waals surface area contributed by atoms with Gasteiger partial charge in [-0.15, -0.1) is 0 Å². The van der Waals surface area contributed by atoms with Gasteiger partial charge in [0.25, 0.3) is 0 Å². The monoisotopic (exact) mass is 259 g/mol. The molecule has 0 spiro atoms. The van der Waals surface area contributed by atoms with Crippen molar-refractivity contribution in [1.82, 2.24) is 4.57 Å². The fourth-order valence-corrected chi connectivity index (χ4v) is 2.59. The summed E-state index contributed by atoms with van der Waals surface area (Å²) in [5, 5.41) is 10.3. The number of carboxylic acids is 1. The van der Waals surface area contributed by atoms with Gasteiger partial charge in [-0.2, -0.15) is 0 Å². The third kappa shape index (κ3) is 2.03. The molecule has 3 heteroatoms. The topological polar surface area (TPSA) is 42.2 Å². The summed E-state index contributed by atoms with van der Waals surface area (Å²) in [6.07, 6.45) is 0. The summed E-state index contributed by atoms with van der Waals surface area (Å²) in [6, 6.07) is 3.60. The number of rotatable bonds is 1. The van der Waals surface area contributed by atoms with Crippen LogP contribution in [-0.2, 0) is 12.5 Å². The molecule has 3 nitrogen and oxygen atoms in total. The zero-order valence-corrected chi connectivity index (χ0v) is 12.5. The van der Waals surface area contributed by atoms with E-state index >= 15 is 0 Å². The Kier molecular flexibility index (Phi) is 2.96. The highest BCUT2D eigenvalue weighted by Gasteiger charge is 2.23. The van der Waals surface area contributed by atoms with Gasteiger partial charge < -0.3 is 9.67 Å². The second-order valence-corrected chi connectivity index (χ2v) is 6.24. The van der Waals surface area contributed by atoms with E-state index < -0.39 is 5.97 Å². The van der Waals surface area contributed by atoms with Crippen LogP contribution in [0.15, 0.2) is 12.1 Å². The molecule has 0 aliphatic rings. The summed E-state index contributed by atoms with van der Waals surface area (Å²) in [4.78, 5) is 11.3. The molecule has 2 aromatic rings. The second-order valence-electron chi connectivity index (χ2n) is 6.24. The number of aromatic carboxylic acids is 1.